The minimum absolute atomic E-state index is 0.0975. The molecule has 6 rings (SSSR count). The molecule has 6 atom stereocenters. The number of hydrogen-bond acceptors (Lipinski definition) is 5. The topological polar surface area (TPSA) is 87.2 Å². The summed E-state index contributed by atoms with van der Waals surface area (Å²) in [6, 6.07) is 14.6. The Hall–Kier alpha value is -2.90. The van der Waals surface area contributed by atoms with Crippen LogP contribution in [-0.4, -0.2) is 51.9 Å². The minimum atomic E-state index is -0.631. The minimum Gasteiger partial charge on any atom is -0.469 e. The molecule has 1 saturated carbocycles. The third-order valence-corrected chi connectivity index (χ3v) is 8.38. The van der Waals surface area contributed by atoms with E-state index in [4.69, 9.17) is 4.74 Å². The van der Waals surface area contributed by atoms with Crippen molar-refractivity contribution in [1.82, 2.24) is 9.97 Å². The van der Waals surface area contributed by atoms with Crippen LogP contribution in [0.1, 0.15) is 36.6 Å². The molecule has 33 heavy (non-hydrogen) atoms. The Balaban J connectivity index is 1.46. The van der Waals surface area contributed by atoms with Crippen molar-refractivity contribution in [3.05, 3.63) is 59.9 Å². The number of esters is 1. The number of carbonyl (C=O) groups is 1. The number of nitrogens with one attached hydrogen (secondary N) is 2. The lowest BCUT2D eigenvalue weighted by atomic mass is 9.64. The molecule has 0 bridgehead atoms. The summed E-state index contributed by atoms with van der Waals surface area (Å²) in [5.74, 6) is 0.584. The van der Waals surface area contributed by atoms with Gasteiger partial charge in [-0.1, -0.05) is 24.3 Å². The first kappa shape index (κ1) is 20.7. The van der Waals surface area contributed by atoms with E-state index in [0.29, 0.717) is 12.3 Å². The first-order valence-electron chi connectivity index (χ1n) is 12.0. The maximum Gasteiger partial charge on any atom is 0.311 e. The molecule has 0 amide bonds. The fraction of sp³-hybridized carbons (Fsp3) is 0.462. The van der Waals surface area contributed by atoms with Gasteiger partial charge in [0.1, 0.15) is 13.1 Å². The van der Waals surface area contributed by atoms with Crippen molar-refractivity contribution in [3.8, 4) is 0 Å². The van der Waals surface area contributed by atoms with Crippen LogP contribution in [0.15, 0.2) is 48.7 Å². The van der Waals surface area contributed by atoms with Crippen molar-refractivity contribution in [2.24, 2.45) is 17.8 Å². The van der Waals surface area contributed by atoms with Crippen LogP contribution < -0.4 is 5.43 Å². The number of benzene rings is 1. The second kappa shape index (κ2) is 7.85. The Labute approximate surface area is 193 Å². The van der Waals surface area contributed by atoms with Gasteiger partial charge in [0, 0.05) is 35.9 Å². The number of aliphatic hydroxyl groups is 1. The summed E-state index contributed by atoms with van der Waals surface area (Å²) in [5.41, 5.74) is 7.62. The van der Waals surface area contributed by atoms with Crippen molar-refractivity contribution in [1.29, 1.82) is 0 Å². The van der Waals surface area contributed by atoms with E-state index in [-0.39, 0.29) is 17.9 Å². The highest BCUT2D eigenvalue weighted by Crippen LogP contribution is 2.52. The molecular weight excluding hydrogens is 416 g/mol. The van der Waals surface area contributed by atoms with Crippen LogP contribution in [0.5, 0.6) is 0 Å². The van der Waals surface area contributed by atoms with E-state index in [9.17, 15) is 9.90 Å². The quantitative estimate of drug-likeness (QED) is 0.422. The first-order valence-corrected chi connectivity index (χ1v) is 12.0. The van der Waals surface area contributed by atoms with Gasteiger partial charge in [-0.05, 0) is 42.5 Å². The molecule has 172 valence electrons. The zero-order valence-corrected chi connectivity index (χ0v) is 18.9. The van der Waals surface area contributed by atoms with Crippen molar-refractivity contribution in [2.75, 3.05) is 25.6 Å². The first-order chi connectivity index (χ1) is 16.1. The number of hydrogen-bond donors (Lipinski definition) is 3. The number of aromatic nitrogens is 2. The van der Waals surface area contributed by atoms with Gasteiger partial charge >= 0.3 is 5.97 Å². The number of quaternary nitrogens is 1. The number of methoxy groups -OCH3 is 1. The third-order valence-electron chi connectivity index (χ3n) is 8.38. The second-order valence-electron chi connectivity index (χ2n) is 9.95. The molecule has 0 radical (unpaired) electrons. The fourth-order valence-electron chi connectivity index (χ4n) is 6.93. The van der Waals surface area contributed by atoms with E-state index < -0.39 is 12.0 Å². The second-order valence-corrected chi connectivity index (χ2v) is 9.95. The van der Waals surface area contributed by atoms with Crippen LogP contribution in [0.3, 0.4) is 0 Å². The number of H-pyrrole nitrogens is 1. The van der Waals surface area contributed by atoms with E-state index >= 15 is 0 Å². The van der Waals surface area contributed by atoms with Crippen molar-refractivity contribution in [2.45, 2.75) is 37.8 Å². The van der Waals surface area contributed by atoms with Gasteiger partial charge in [-0.25, -0.2) is 15.0 Å². The van der Waals surface area contributed by atoms with E-state index in [1.165, 1.54) is 23.8 Å². The maximum atomic E-state index is 12.7. The zero-order chi connectivity index (χ0) is 22.6. The van der Waals surface area contributed by atoms with E-state index in [2.05, 4.69) is 39.7 Å². The van der Waals surface area contributed by atoms with Crippen LogP contribution >= 0.6 is 0 Å². The van der Waals surface area contributed by atoms with Gasteiger partial charge in [-0.3, -0.25) is 4.79 Å². The highest BCUT2D eigenvalue weighted by atomic mass is 16.5. The maximum absolute atomic E-state index is 12.7. The lowest BCUT2D eigenvalue weighted by Crippen LogP contribution is -2.65. The van der Waals surface area contributed by atoms with Crippen LogP contribution in [0.2, 0.25) is 0 Å². The largest absolute Gasteiger partial charge is 0.469 e. The number of pyridine rings is 1. The Morgan fingerprint density at radius 3 is 2.88 bits per heavy atom. The van der Waals surface area contributed by atoms with Gasteiger partial charge in [0.15, 0.2) is 11.9 Å². The number of carbonyl (C=O) groups excluding carboxylic acids is 1. The van der Waals surface area contributed by atoms with Crippen LogP contribution in [0.25, 0.3) is 10.9 Å². The van der Waals surface area contributed by atoms with Crippen molar-refractivity contribution in [3.63, 3.8) is 0 Å². The summed E-state index contributed by atoms with van der Waals surface area (Å²) in [6.45, 7) is 1.87. The standard InChI is InChI=1S/C26H31N4O3/c1-33-26(32)24-19-14-21-25-18(17-6-2-3-7-20(17)28-25)11-13-30(21,15-16(19)9-10-22(24)31)29-23-8-4-5-12-27-23/h2-8,12,16,19,21-22,24,28,31H,9-11,13-15H2,1H3,(H,27,29)/q+1/t16-,19-,21-,22-,24+,30?/m0/s1. The normalized spacial score (nSPS) is 33.0. The highest BCUT2D eigenvalue weighted by molar-refractivity contribution is 5.85. The number of para-hydroxylation sites is 1. The van der Waals surface area contributed by atoms with Crippen LogP contribution in [0, 0.1) is 17.8 Å². The Kier molecular flexibility index (Phi) is 4.92. The van der Waals surface area contributed by atoms with E-state index in [0.717, 1.165) is 48.3 Å². The number of ether oxygens (including phenoxy) is 1. The molecule has 1 saturated heterocycles. The number of rotatable bonds is 3. The summed E-state index contributed by atoms with van der Waals surface area (Å²) in [7, 11) is 1.43. The molecule has 3 aromatic rings. The molecule has 2 fully saturated rings. The van der Waals surface area contributed by atoms with Gasteiger partial charge in [0.25, 0.3) is 0 Å². The van der Waals surface area contributed by atoms with Gasteiger partial charge in [0.05, 0.1) is 24.8 Å². The molecular formula is C26H31N4O3+. The van der Waals surface area contributed by atoms with Crippen molar-refractivity contribution >= 4 is 22.7 Å². The predicted octanol–water partition coefficient (Wildman–Crippen LogP) is 3.58. The van der Waals surface area contributed by atoms with E-state index in [1.807, 2.05) is 24.4 Å². The SMILES string of the molecule is COC(=O)[C@@H]1[C@H]2C[C@H]3c4[nH]c5ccccc5c4CC[N+]3(Nc3ccccn3)C[C@@H]2CC[C@@H]1O. The zero-order valence-electron chi connectivity index (χ0n) is 18.9. The Bertz CT molecular complexity index is 1180. The van der Waals surface area contributed by atoms with Gasteiger partial charge in [-0.2, -0.15) is 0 Å². The molecule has 7 nitrogen and oxygen atoms in total. The summed E-state index contributed by atoms with van der Waals surface area (Å²) in [5, 5.41) is 12.1. The predicted molar refractivity (Wildman–Crippen MR) is 125 cm³/mol. The number of nitrogens with zero attached hydrogens (tertiary/aromatic N) is 2. The number of anilines is 1. The van der Waals surface area contributed by atoms with Crippen LogP contribution in [-0.2, 0) is 16.0 Å². The molecule has 1 aliphatic carbocycles. The van der Waals surface area contributed by atoms with Gasteiger partial charge < -0.3 is 14.8 Å². The average Bonchev–Trinajstić information content (AvgIpc) is 3.22. The number of piperidine rings is 1. The van der Waals surface area contributed by atoms with Gasteiger partial charge in [-0.15, -0.1) is 0 Å². The Morgan fingerprint density at radius 2 is 2.06 bits per heavy atom. The lowest BCUT2D eigenvalue weighted by Gasteiger charge is -2.55. The summed E-state index contributed by atoms with van der Waals surface area (Å²) >= 11 is 0. The monoisotopic (exact) mass is 447 g/mol. The summed E-state index contributed by atoms with van der Waals surface area (Å²) in [4.78, 5) is 21.0. The molecule has 7 heteroatoms. The number of aromatic amines is 1. The Morgan fingerprint density at radius 1 is 1.21 bits per heavy atom. The fourth-order valence-corrected chi connectivity index (χ4v) is 6.93. The number of aliphatic hydroxyl groups excluding tert-OH is 1. The van der Waals surface area contributed by atoms with Crippen molar-refractivity contribution < 1.29 is 19.2 Å². The molecule has 2 aliphatic heterocycles. The molecule has 1 unspecified atom stereocenters. The third kappa shape index (κ3) is 3.25. The molecule has 1 aromatic carbocycles. The summed E-state index contributed by atoms with van der Waals surface area (Å²) < 4.78 is 5.87. The molecule has 4 heterocycles. The molecule has 3 N–H and O–H groups in total. The molecule has 2 aromatic heterocycles. The van der Waals surface area contributed by atoms with Crippen LogP contribution in [0.4, 0.5) is 5.82 Å². The summed E-state index contributed by atoms with van der Waals surface area (Å²) in [6.07, 6.45) is 4.57. The van der Waals surface area contributed by atoms with E-state index in [1.54, 1.807) is 0 Å². The molecule has 3 aliphatic rings. The number of fused-ring (bicyclic) bond motifs is 6. The average molecular weight is 448 g/mol. The lowest BCUT2D eigenvalue weighted by molar-refractivity contribution is -0.950. The van der Waals surface area contributed by atoms with Gasteiger partial charge in [0.2, 0.25) is 0 Å². The smallest absolute Gasteiger partial charge is 0.311 e. The molecule has 0 spiro atoms. The highest BCUT2D eigenvalue weighted by Gasteiger charge is 2.57.